The lowest BCUT2D eigenvalue weighted by molar-refractivity contribution is -0.142. The maximum atomic E-state index is 12.3. The van der Waals surface area contributed by atoms with E-state index in [2.05, 4.69) is 17.9 Å². The minimum absolute atomic E-state index is 0.409. The molecular weight excluding hydrogens is 308 g/mol. The fourth-order valence-corrected chi connectivity index (χ4v) is 2.73. The molecule has 0 spiro atoms. The van der Waals surface area contributed by atoms with Crippen LogP contribution < -0.4 is 11.1 Å². The second-order valence-electron chi connectivity index (χ2n) is 5.54. The van der Waals surface area contributed by atoms with Crippen molar-refractivity contribution in [2.75, 3.05) is 18.2 Å². The molecule has 0 saturated carbocycles. The molecule has 0 aliphatic rings. The van der Waals surface area contributed by atoms with Crippen molar-refractivity contribution in [1.29, 1.82) is 0 Å². The third-order valence-electron chi connectivity index (χ3n) is 3.73. The van der Waals surface area contributed by atoms with E-state index in [9.17, 15) is 4.79 Å². The van der Waals surface area contributed by atoms with Gasteiger partial charge in [-0.15, -0.1) is 12.6 Å². The van der Waals surface area contributed by atoms with Gasteiger partial charge in [0.15, 0.2) is 4.87 Å². The fraction of sp³-hybridized carbons (Fsp3) is 0.278. The molecule has 0 aliphatic heterocycles. The van der Waals surface area contributed by atoms with Crippen molar-refractivity contribution < 1.29 is 9.53 Å². The summed E-state index contributed by atoms with van der Waals surface area (Å²) in [6.45, 7) is 1.93. The van der Waals surface area contributed by atoms with Crippen LogP contribution in [0, 0.1) is 6.92 Å². The molecule has 0 aromatic heterocycles. The maximum Gasteiger partial charge on any atom is 0.341 e. The van der Waals surface area contributed by atoms with Crippen molar-refractivity contribution in [3.05, 3.63) is 59.7 Å². The van der Waals surface area contributed by atoms with E-state index in [0.29, 0.717) is 18.5 Å². The summed E-state index contributed by atoms with van der Waals surface area (Å²) in [7, 11) is 1.37. The lowest BCUT2D eigenvalue weighted by Crippen LogP contribution is -2.42. The summed E-state index contributed by atoms with van der Waals surface area (Å²) in [5.74, 6) is -0.409. The molecule has 0 amide bonds. The summed E-state index contributed by atoms with van der Waals surface area (Å²) in [6.07, 6.45) is 1.21. The quantitative estimate of drug-likeness (QED) is 0.329. The van der Waals surface area contributed by atoms with Crippen LogP contribution in [0.15, 0.2) is 48.5 Å². The first-order valence-corrected chi connectivity index (χ1v) is 7.88. The Hall–Kier alpha value is -2.14. The zero-order valence-electron chi connectivity index (χ0n) is 13.4. The maximum absolute atomic E-state index is 12.3. The molecule has 2 aromatic rings. The van der Waals surface area contributed by atoms with Gasteiger partial charge in [0.25, 0.3) is 0 Å². The number of nitrogens with one attached hydrogen (secondary N) is 1. The topological polar surface area (TPSA) is 64.3 Å². The van der Waals surface area contributed by atoms with E-state index in [-0.39, 0.29) is 0 Å². The molecule has 3 N–H and O–H groups in total. The predicted molar refractivity (Wildman–Crippen MR) is 97.7 cm³/mol. The van der Waals surface area contributed by atoms with Crippen LogP contribution in [0.3, 0.4) is 0 Å². The first-order chi connectivity index (χ1) is 10.9. The van der Waals surface area contributed by atoms with Gasteiger partial charge in [0.2, 0.25) is 0 Å². The Balaban J connectivity index is 2.19. The Labute approximate surface area is 142 Å². The monoisotopic (exact) mass is 330 g/mol. The van der Waals surface area contributed by atoms with Gasteiger partial charge in [0.05, 0.1) is 7.11 Å². The molecule has 0 heterocycles. The Morgan fingerprint density at radius 1 is 1.26 bits per heavy atom. The number of methoxy groups -OCH3 is 1. The van der Waals surface area contributed by atoms with Crippen LogP contribution in [0.2, 0.25) is 0 Å². The number of carbonyl (C=O) groups is 1. The number of nitrogens with two attached hydrogens (primary N) is 1. The molecule has 0 bridgehead atoms. The van der Waals surface area contributed by atoms with E-state index in [1.54, 1.807) is 6.07 Å². The number of hydrogen-bond donors (Lipinski definition) is 3. The average Bonchev–Trinajstić information content (AvgIpc) is 2.56. The van der Waals surface area contributed by atoms with Crippen LogP contribution in [0.4, 0.5) is 11.4 Å². The van der Waals surface area contributed by atoms with Crippen LogP contribution in [-0.2, 0) is 16.0 Å². The number of nitrogen functional groups attached to an aromatic ring is 1. The van der Waals surface area contributed by atoms with Crippen molar-refractivity contribution in [1.82, 2.24) is 0 Å². The summed E-state index contributed by atoms with van der Waals surface area (Å²) in [6, 6.07) is 15.5. The molecule has 1 unspecified atom stereocenters. The van der Waals surface area contributed by atoms with Gasteiger partial charge < -0.3 is 15.8 Å². The number of ether oxygens (including phenoxy) is 1. The van der Waals surface area contributed by atoms with Crippen molar-refractivity contribution in [3.63, 3.8) is 0 Å². The van der Waals surface area contributed by atoms with E-state index in [1.807, 2.05) is 49.4 Å². The highest BCUT2D eigenvalue weighted by Gasteiger charge is 2.35. The molecule has 1 atom stereocenters. The second-order valence-corrected chi connectivity index (χ2v) is 6.30. The van der Waals surface area contributed by atoms with Crippen molar-refractivity contribution >= 4 is 30.0 Å². The number of rotatable bonds is 6. The molecule has 0 fully saturated rings. The summed E-state index contributed by atoms with van der Waals surface area (Å²) in [4.78, 5) is 11.1. The number of carbonyl (C=O) groups excluding carboxylic acids is 1. The lowest BCUT2D eigenvalue weighted by atomic mass is 10.0. The highest BCUT2D eigenvalue weighted by molar-refractivity contribution is 7.82. The van der Waals surface area contributed by atoms with Gasteiger partial charge in [-0.05, 0) is 49.1 Å². The molecule has 2 aromatic carbocycles. The minimum Gasteiger partial charge on any atom is -0.467 e. The zero-order chi connectivity index (χ0) is 16.9. The normalized spacial score (nSPS) is 13.2. The Morgan fingerprint density at radius 3 is 2.57 bits per heavy atom. The van der Waals surface area contributed by atoms with Gasteiger partial charge in [-0.2, -0.15) is 0 Å². The van der Waals surface area contributed by atoms with Gasteiger partial charge in [-0.1, -0.05) is 30.3 Å². The summed E-state index contributed by atoms with van der Waals surface area (Å²) in [5.41, 5.74) is 9.36. The SMILES string of the molecule is COC(=O)C(S)(CCc1ccccc1)Nc1ccc(N)cc1C. The molecular formula is C18H22N2O2S. The third-order valence-corrected chi connectivity index (χ3v) is 4.25. The van der Waals surface area contributed by atoms with Crippen LogP contribution in [0.1, 0.15) is 17.5 Å². The van der Waals surface area contributed by atoms with Crippen LogP contribution in [0.25, 0.3) is 0 Å². The Morgan fingerprint density at radius 2 is 1.96 bits per heavy atom. The lowest BCUT2D eigenvalue weighted by Gasteiger charge is -2.29. The highest BCUT2D eigenvalue weighted by Crippen LogP contribution is 2.29. The van der Waals surface area contributed by atoms with Gasteiger partial charge in [0, 0.05) is 11.4 Å². The first kappa shape index (κ1) is 17.2. The van der Waals surface area contributed by atoms with Crippen molar-refractivity contribution in [2.24, 2.45) is 0 Å². The van der Waals surface area contributed by atoms with Gasteiger partial charge >= 0.3 is 5.97 Å². The number of thiol groups is 1. The Bertz CT molecular complexity index is 676. The van der Waals surface area contributed by atoms with Crippen LogP contribution in [-0.4, -0.2) is 18.0 Å². The van der Waals surface area contributed by atoms with E-state index < -0.39 is 10.8 Å². The van der Waals surface area contributed by atoms with Crippen molar-refractivity contribution in [3.8, 4) is 0 Å². The number of anilines is 2. The van der Waals surface area contributed by atoms with Gasteiger partial charge in [-0.3, -0.25) is 0 Å². The van der Waals surface area contributed by atoms with E-state index in [4.69, 9.17) is 10.5 Å². The summed E-state index contributed by atoms with van der Waals surface area (Å²) in [5, 5.41) is 3.21. The van der Waals surface area contributed by atoms with E-state index >= 15 is 0 Å². The van der Waals surface area contributed by atoms with Gasteiger partial charge in [-0.25, -0.2) is 4.79 Å². The van der Waals surface area contributed by atoms with E-state index in [1.165, 1.54) is 7.11 Å². The molecule has 0 aliphatic carbocycles. The molecule has 0 saturated heterocycles. The average molecular weight is 330 g/mol. The van der Waals surface area contributed by atoms with Crippen molar-refractivity contribution in [2.45, 2.75) is 24.6 Å². The second kappa shape index (κ2) is 7.42. The largest absolute Gasteiger partial charge is 0.467 e. The van der Waals surface area contributed by atoms with Crippen LogP contribution >= 0.6 is 12.6 Å². The number of esters is 1. The minimum atomic E-state index is -1.11. The Kier molecular flexibility index (Phi) is 5.55. The predicted octanol–water partition coefficient (Wildman–Crippen LogP) is 3.42. The van der Waals surface area contributed by atoms with E-state index in [0.717, 1.165) is 16.8 Å². The molecule has 122 valence electrons. The molecule has 0 radical (unpaired) electrons. The number of benzene rings is 2. The molecule has 5 heteroatoms. The molecule has 23 heavy (non-hydrogen) atoms. The molecule has 2 rings (SSSR count). The third kappa shape index (κ3) is 4.42. The van der Waals surface area contributed by atoms with Gasteiger partial charge in [0.1, 0.15) is 0 Å². The first-order valence-electron chi connectivity index (χ1n) is 7.43. The zero-order valence-corrected chi connectivity index (χ0v) is 14.3. The number of hydrogen-bond acceptors (Lipinski definition) is 5. The standard InChI is InChI=1S/C18H22N2O2S/c1-13-12-15(19)8-9-16(13)20-18(23,17(21)22-2)11-10-14-6-4-3-5-7-14/h3-9,12,20,23H,10-11,19H2,1-2H3. The molecule has 4 nitrogen and oxygen atoms in total. The van der Waals surface area contributed by atoms with Crippen LogP contribution in [0.5, 0.6) is 0 Å². The highest BCUT2D eigenvalue weighted by atomic mass is 32.1. The fourth-order valence-electron chi connectivity index (χ4n) is 2.40. The number of aryl methyl sites for hydroxylation is 2. The summed E-state index contributed by atoms with van der Waals surface area (Å²) >= 11 is 4.59. The summed E-state index contributed by atoms with van der Waals surface area (Å²) < 4.78 is 4.94. The smallest absolute Gasteiger partial charge is 0.341 e.